The molecule has 0 unspecified atom stereocenters. The normalized spacial score (nSPS) is 23.9. The van der Waals surface area contributed by atoms with Crippen LogP contribution in [0.2, 0.25) is 0 Å². The fraction of sp³-hybridized carbons (Fsp3) is 0.576. The minimum Gasteiger partial charge on any atom is -0.355 e. The zero-order valence-corrected chi connectivity index (χ0v) is 25.5. The van der Waals surface area contributed by atoms with E-state index in [1.807, 2.05) is 0 Å². The molecule has 2 aromatic carbocycles. The van der Waals surface area contributed by atoms with Crippen LogP contribution in [-0.4, -0.2) is 67.8 Å². The van der Waals surface area contributed by atoms with Crippen molar-refractivity contribution in [2.75, 3.05) is 43.4 Å². The molecule has 2 saturated heterocycles. The molecule has 2 aliphatic heterocycles. The van der Waals surface area contributed by atoms with Gasteiger partial charge in [-0.1, -0.05) is 43.3 Å². The third-order valence-corrected chi connectivity index (χ3v) is 11.4. The zero-order chi connectivity index (χ0) is 28.5. The minimum atomic E-state index is -3.10. The summed E-state index contributed by atoms with van der Waals surface area (Å²) in [6.45, 7) is 9.67. The number of rotatable bonds is 9. The van der Waals surface area contributed by atoms with Gasteiger partial charge in [0.05, 0.1) is 11.3 Å². The van der Waals surface area contributed by atoms with Crippen molar-refractivity contribution in [3.8, 4) is 0 Å². The predicted molar refractivity (Wildman–Crippen MR) is 167 cm³/mol. The molecular formula is C33H45N5O2S. The highest BCUT2D eigenvalue weighted by Gasteiger charge is 2.46. The lowest BCUT2D eigenvalue weighted by Crippen LogP contribution is -2.61. The Bertz CT molecular complexity index is 1420. The highest BCUT2D eigenvalue weighted by Crippen LogP contribution is 2.44. The van der Waals surface area contributed by atoms with Crippen molar-refractivity contribution in [3.05, 3.63) is 66.0 Å². The summed E-state index contributed by atoms with van der Waals surface area (Å²) in [6, 6.07) is 17.6. The highest BCUT2D eigenvalue weighted by atomic mass is 32.2. The third kappa shape index (κ3) is 6.60. The zero-order valence-electron chi connectivity index (χ0n) is 24.6. The Morgan fingerprint density at radius 3 is 2.44 bits per heavy atom. The average Bonchev–Trinajstić information content (AvgIpc) is 2.97. The summed E-state index contributed by atoms with van der Waals surface area (Å²) in [5.41, 5.74) is 4.15. The van der Waals surface area contributed by atoms with Gasteiger partial charge < -0.3 is 9.80 Å². The molecule has 1 aliphatic carbocycles. The van der Waals surface area contributed by atoms with Crippen LogP contribution in [0.25, 0.3) is 10.9 Å². The van der Waals surface area contributed by atoms with Gasteiger partial charge in [0.25, 0.3) is 0 Å². The number of anilines is 1. The molecule has 3 fully saturated rings. The summed E-state index contributed by atoms with van der Waals surface area (Å²) in [7, 11) is -3.10. The maximum atomic E-state index is 11.9. The van der Waals surface area contributed by atoms with Crippen LogP contribution < -0.4 is 9.62 Å². The summed E-state index contributed by atoms with van der Waals surface area (Å²) in [5, 5.41) is 1.18. The number of piperidine rings is 1. The number of likely N-dealkylation sites (tertiary alicyclic amines) is 1. The van der Waals surface area contributed by atoms with E-state index < -0.39 is 10.0 Å². The first-order chi connectivity index (χ1) is 19.8. The number of nitrogens with zero attached hydrogens (tertiary/aromatic N) is 4. The summed E-state index contributed by atoms with van der Waals surface area (Å²) >= 11 is 0. The lowest BCUT2D eigenvalue weighted by Gasteiger charge is -2.55. The first kappa shape index (κ1) is 28.6. The van der Waals surface area contributed by atoms with Gasteiger partial charge >= 0.3 is 0 Å². The van der Waals surface area contributed by atoms with E-state index in [0.717, 1.165) is 63.1 Å². The van der Waals surface area contributed by atoms with E-state index in [1.165, 1.54) is 42.4 Å². The number of sulfonamides is 1. The molecule has 6 rings (SSSR count). The van der Waals surface area contributed by atoms with Crippen LogP contribution in [0, 0.1) is 11.3 Å². The molecule has 3 heterocycles. The van der Waals surface area contributed by atoms with E-state index in [2.05, 4.69) is 75.0 Å². The van der Waals surface area contributed by atoms with Gasteiger partial charge in [0.15, 0.2) is 0 Å². The lowest BCUT2D eigenvalue weighted by molar-refractivity contribution is 0.0621. The molecule has 0 bridgehead atoms. The largest absolute Gasteiger partial charge is 0.355 e. The summed E-state index contributed by atoms with van der Waals surface area (Å²) in [6.07, 6.45) is 9.41. The maximum Gasteiger partial charge on any atom is 0.211 e. The number of hydrogen-bond donors (Lipinski definition) is 1. The standard InChI is InChI=1S/C33H45N5O2S/c1-3-41(39,40)36-29-12-9-26(10-13-29)21-37-17-15-33(16-18-37)22-38(23-33)32-30-20-27(11-14-31(30)34-24-35-32)19-25(2)28-7-5-4-6-8-28/h4-8,11,14,20,24-26,29,36H,3,9-10,12-13,15-19,21-23H2,1-2H3/t25-,26?,29?/m1/s1. The maximum absolute atomic E-state index is 11.9. The van der Waals surface area contributed by atoms with Crippen LogP contribution in [0.1, 0.15) is 69.4 Å². The van der Waals surface area contributed by atoms with Crippen LogP contribution >= 0.6 is 0 Å². The van der Waals surface area contributed by atoms with Gasteiger partial charge in [-0.25, -0.2) is 23.1 Å². The number of hydrogen-bond acceptors (Lipinski definition) is 6. The molecular weight excluding hydrogens is 530 g/mol. The SMILES string of the molecule is CCS(=O)(=O)NC1CCC(CN2CCC3(CC2)CN(c2ncnc4ccc(C[C@@H](C)c5ccccc5)cc24)C3)CC1. The Kier molecular flexibility index (Phi) is 8.35. The molecule has 41 heavy (non-hydrogen) atoms. The molecule has 1 N–H and O–H groups in total. The van der Waals surface area contributed by atoms with E-state index in [4.69, 9.17) is 4.98 Å². The Labute approximate surface area is 245 Å². The van der Waals surface area contributed by atoms with Crippen molar-refractivity contribution in [2.45, 2.75) is 70.8 Å². The van der Waals surface area contributed by atoms with E-state index in [1.54, 1.807) is 13.3 Å². The second-order valence-electron chi connectivity index (χ2n) is 13.0. The fourth-order valence-corrected chi connectivity index (χ4v) is 8.24. The number of nitrogens with one attached hydrogen (secondary N) is 1. The summed E-state index contributed by atoms with van der Waals surface area (Å²) < 4.78 is 26.7. The second kappa shape index (κ2) is 12.0. The molecule has 8 heteroatoms. The number of benzene rings is 2. The molecule has 0 amide bonds. The van der Waals surface area contributed by atoms with Crippen molar-refractivity contribution in [3.63, 3.8) is 0 Å². The quantitative estimate of drug-likeness (QED) is 0.369. The molecule has 1 saturated carbocycles. The van der Waals surface area contributed by atoms with E-state index >= 15 is 0 Å². The number of fused-ring (bicyclic) bond motifs is 1. The fourth-order valence-electron chi connectivity index (χ4n) is 7.33. The van der Waals surface area contributed by atoms with Gasteiger partial charge in [0.1, 0.15) is 12.1 Å². The van der Waals surface area contributed by atoms with Crippen molar-refractivity contribution in [1.29, 1.82) is 0 Å². The van der Waals surface area contributed by atoms with Gasteiger partial charge in [0, 0.05) is 36.5 Å². The summed E-state index contributed by atoms with van der Waals surface area (Å²) in [5.74, 6) is 2.41. The Morgan fingerprint density at radius 1 is 1.00 bits per heavy atom. The Hall–Kier alpha value is -2.55. The third-order valence-electron chi connectivity index (χ3n) is 9.95. The topological polar surface area (TPSA) is 78.4 Å². The van der Waals surface area contributed by atoms with Crippen LogP contribution in [0.3, 0.4) is 0 Å². The lowest BCUT2D eigenvalue weighted by atomic mass is 9.71. The van der Waals surface area contributed by atoms with Crippen LogP contribution in [-0.2, 0) is 16.4 Å². The Morgan fingerprint density at radius 2 is 1.73 bits per heavy atom. The number of aromatic nitrogens is 2. The molecule has 3 aliphatic rings. The molecule has 3 aromatic rings. The predicted octanol–water partition coefficient (Wildman–Crippen LogP) is 5.38. The van der Waals surface area contributed by atoms with Gasteiger partial charge in [-0.3, -0.25) is 0 Å². The van der Waals surface area contributed by atoms with Gasteiger partial charge in [0.2, 0.25) is 10.0 Å². The smallest absolute Gasteiger partial charge is 0.211 e. The highest BCUT2D eigenvalue weighted by molar-refractivity contribution is 7.89. The van der Waals surface area contributed by atoms with E-state index in [-0.39, 0.29) is 11.8 Å². The van der Waals surface area contributed by atoms with Crippen molar-refractivity contribution < 1.29 is 8.42 Å². The van der Waals surface area contributed by atoms with E-state index in [9.17, 15) is 8.42 Å². The van der Waals surface area contributed by atoms with Crippen LogP contribution in [0.15, 0.2) is 54.9 Å². The van der Waals surface area contributed by atoms with Crippen LogP contribution in [0.5, 0.6) is 0 Å². The first-order valence-electron chi connectivity index (χ1n) is 15.6. The summed E-state index contributed by atoms with van der Waals surface area (Å²) in [4.78, 5) is 14.5. The minimum absolute atomic E-state index is 0.128. The molecule has 1 aromatic heterocycles. The average molecular weight is 576 g/mol. The van der Waals surface area contributed by atoms with Crippen molar-refractivity contribution in [1.82, 2.24) is 19.6 Å². The molecule has 0 radical (unpaired) electrons. The van der Waals surface area contributed by atoms with E-state index in [0.29, 0.717) is 17.3 Å². The van der Waals surface area contributed by atoms with Gasteiger partial charge in [-0.2, -0.15) is 0 Å². The second-order valence-corrected chi connectivity index (χ2v) is 15.0. The van der Waals surface area contributed by atoms with Crippen molar-refractivity contribution >= 4 is 26.7 Å². The molecule has 1 atom stereocenters. The van der Waals surface area contributed by atoms with Gasteiger partial charge in [-0.15, -0.1) is 0 Å². The van der Waals surface area contributed by atoms with Crippen LogP contribution in [0.4, 0.5) is 5.82 Å². The Balaban J connectivity index is 1.02. The molecule has 1 spiro atoms. The monoisotopic (exact) mass is 575 g/mol. The molecule has 7 nitrogen and oxygen atoms in total. The first-order valence-corrected chi connectivity index (χ1v) is 17.2. The molecule has 220 valence electrons. The van der Waals surface area contributed by atoms with Gasteiger partial charge in [-0.05, 0) is 100 Å². The van der Waals surface area contributed by atoms with Crippen molar-refractivity contribution in [2.24, 2.45) is 11.3 Å².